The Morgan fingerprint density at radius 1 is 0.694 bits per heavy atom. The van der Waals surface area contributed by atoms with Crippen LogP contribution < -0.4 is 4.90 Å². The third-order valence-corrected chi connectivity index (χ3v) is 7.80. The van der Waals surface area contributed by atoms with Crippen LogP contribution in [0, 0.1) is 11.8 Å². The Morgan fingerprint density at radius 3 is 2.25 bits per heavy atom. The average Bonchev–Trinajstić information content (AvgIpc) is 3.40. The maximum atomic E-state index is 14.2. The molecule has 5 heteroatoms. The third kappa shape index (κ3) is 2.80. The van der Waals surface area contributed by atoms with E-state index in [0.717, 1.165) is 21.9 Å². The fourth-order valence-electron chi connectivity index (χ4n) is 6.27. The first kappa shape index (κ1) is 20.8. The molecule has 3 aliphatic rings. The van der Waals surface area contributed by atoms with E-state index in [9.17, 15) is 14.4 Å². The minimum Gasteiger partial charge on any atom is -0.358 e. The van der Waals surface area contributed by atoms with Gasteiger partial charge in [0.1, 0.15) is 6.04 Å². The molecule has 4 aromatic rings. The van der Waals surface area contributed by atoms with E-state index in [1.165, 1.54) is 4.90 Å². The van der Waals surface area contributed by atoms with Crippen molar-refractivity contribution in [2.75, 3.05) is 4.90 Å². The first-order valence-corrected chi connectivity index (χ1v) is 12.1. The van der Waals surface area contributed by atoms with Crippen LogP contribution in [-0.4, -0.2) is 28.5 Å². The second kappa shape index (κ2) is 7.75. The van der Waals surface area contributed by atoms with Crippen molar-refractivity contribution in [3.63, 3.8) is 0 Å². The summed E-state index contributed by atoms with van der Waals surface area (Å²) < 4.78 is 0. The summed E-state index contributed by atoms with van der Waals surface area (Å²) in [6.45, 7) is 0. The molecule has 2 amide bonds. The predicted molar refractivity (Wildman–Crippen MR) is 138 cm³/mol. The van der Waals surface area contributed by atoms with Crippen molar-refractivity contribution in [1.82, 2.24) is 4.90 Å². The monoisotopic (exact) mass is 470 g/mol. The summed E-state index contributed by atoms with van der Waals surface area (Å²) >= 11 is 0. The Bertz CT molecular complexity index is 1590. The standard InChI is InChI=1S/C31H22N2O3/c34-29(21-11-2-1-3-12-21)28-26-25(27-23-15-7-5-10-20(23)17-18-32(27)28)30(35)33(31(26)36)24-16-8-13-19-9-4-6-14-22(19)24/h1-18,25-28H. The number of anilines is 1. The van der Waals surface area contributed by atoms with Gasteiger partial charge < -0.3 is 4.90 Å². The summed E-state index contributed by atoms with van der Waals surface area (Å²) in [6, 6.07) is 29.2. The van der Waals surface area contributed by atoms with E-state index in [1.807, 2.05) is 102 Å². The minimum atomic E-state index is -0.773. The Balaban J connectivity index is 1.41. The number of rotatable bonds is 3. The lowest BCUT2D eigenvalue weighted by Gasteiger charge is -2.35. The van der Waals surface area contributed by atoms with Crippen LogP contribution in [0.1, 0.15) is 27.5 Å². The van der Waals surface area contributed by atoms with Crippen LogP contribution in [0.4, 0.5) is 5.69 Å². The molecule has 0 saturated carbocycles. The Hall–Kier alpha value is -4.51. The number of ketones is 1. The second-order valence-corrected chi connectivity index (χ2v) is 9.57. The minimum absolute atomic E-state index is 0.141. The molecule has 4 atom stereocenters. The van der Waals surface area contributed by atoms with Crippen molar-refractivity contribution in [1.29, 1.82) is 0 Å². The highest BCUT2D eigenvalue weighted by Gasteiger charge is 2.64. The lowest BCUT2D eigenvalue weighted by Crippen LogP contribution is -2.44. The van der Waals surface area contributed by atoms with Gasteiger partial charge in [0.05, 0.1) is 23.6 Å². The van der Waals surface area contributed by atoms with Gasteiger partial charge in [-0.1, -0.05) is 91.0 Å². The predicted octanol–water partition coefficient (Wildman–Crippen LogP) is 5.24. The van der Waals surface area contributed by atoms with E-state index in [1.54, 1.807) is 12.1 Å². The number of imide groups is 1. The lowest BCUT2D eigenvalue weighted by atomic mass is 9.83. The van der Waals surface area contributed by atoms with Crippen LogP contribution in [-0.2, 0) is 9.59 Å². The van der Waals surface area contributed by atoms with Gasteiger partial charge in [-0.05, 0) is 28.7 Å². The molecular weight excluding hydrogens is 448 g/mol. The van der Waals surface area contributed by atoms with Crippen LogP contribution in [0.2, 0.25) is 0 Å². The number of nitrogens with zero attached hydrogens (tertiary/aromatic N) is 2. The van der Waals surface area contributed by atoms with Crippen molar-refractivity contribution in [2.45, 2.75) is 12.1 Å². The van der Waals surface area contributed by atoms with Crippen LogP contribution in [0.25, 0.3) is 16.8 Å². The van der Waals surface area contributed by atoms with E-state index in [4.69, 9.17) is 0 Å². The number of benzene rings is 4. The van der Waals surface area contributed by atoms with E-state index < -0.39 is 17.9 Å². The van der Waals surface area contributed by atoms with Gasteiger partial charge in [-0.3, -0.25) is 14.4 Å². The molecule has 4 unspecified atom stereocenters. The summed E-state index contributed by atoms with van der Waals surface area (Å²) in [7, 11) is 0. The number of amides is 2. The molecular formula is C31H22N2O3. The fraction of sp³-hybridized carbons (Fsp3) is 0.129. The number of hydrogen-bond donors (Lipinski definition) is 0. The summed E-state index contributed by atoms with van der Waals surface area (Å²) in [5, 5.41) is 1.80. The topological polar surface area (TPSA) is 57.7 Å². The highest BCUT2D eigenvalue weighted by Crippen LogP contribution is 2.54. The van der Waals surface area contributed by atoms with Gasteiger partial charge in [0, 0.05) is 17.1 Å². The molecule has 0 aliphatic carbocycles. The molecule has 0 N–H and O–H groups in total. The Labute approximate surface area is 208 Å². The van der Waals surface area contributed by atoms with E-state index in [0.29, 0.717) is 11.3 Å². The van der Waals surface area contributed by atoms with Crippen molar-refractivity contribution in [3.05, 3.63) is 120 Å². The molecule has 0 radical (unpaired) electrons. The number of Topliss-reactive ketones (excluding diaryl/α,β-unsaturated/α-hetero) is 1. The third-order valence-electron chi connectivity index (χ3n) is 7.80. The lowest BCUT2D eigenvalue weighted by molar-refractivity contribution is -0.123. The zero-order valence-electron chi connectivity index (χ0n) is 19.3. The maximum Gasteiger partial charge on any atom is 0.240 e. The van der Waals surface area contributed by atoms with Gasteiger partial charge >= 0.3 is 0 Å². The number of carbonyl (C=O) groups is 3. The van der Waals surface area contributed by atoms with E-state index in [-0.39, 0.29) is 23.6 Å². The number of hydrogen-bond acceptors (Lipinski definition) is 4. The average molecular weight is 471 g/mol. The summed E-state index contributed by atoms with van der Waals surface area (Å²) in [6.07, 6.45) is 3.86. The zero-order chi connectivity index (χ0) is 24.4. The molecule has 3 aliphatic heterocycles. The van der Waals surface area contributed by atoms with Crippen LogP contribution in [0.15, 0.2) is 103 Å². The quantitative estimate of drug-likeness (QED) is 0.304. The number of carbonyl (C=O) groups excluding carboxylic acids is 3. The highest BCUT2D eigenvalue weighted by atomic mass is 16.2. The molecule has 7 rings (SSSR count). The van der Waals surface area contributed by atoms with Crippen LogP contribution in [0.3, 0.4) is 0 Å². The van der Waals surface area contributed by atoms with Crippen molar-refractivity contribution in [3.8, 4) is 0 Å². The Kier molecular flexibility index (Phi) is 4.48. The normalized spacial score (nSPS) is 24.1. The maximum absolute atomic E-state index is 14.2. The molecule has 3 heterocycles. The molecule has 2 fully saturated rings. The zero-order valence-corrected chi connectivity index (χ0v) is 19.3. The molecule has 174 valence electrons. The van der Waals surface area contributed by atoms with Crippen molar-refractivity contribution < 1.29 is 14.4 Å². The molecule has 5 nitrogen and oxygen atoms in total. The smallest absolute Gasteiger partial charge is 0.240 e. The van der Waals surface area contributed by atoms with Gasteiger partial charge in [-0.25, -0.2) is 4.90 Å². The summed E-state index contributed by atoms with van der Waals surface area (Å²) in [5.74, 6) is -2.12. The SMILES string of the molecule is O=C(c1ccccc1)C1C2C(=O)N(c3cccc4ccccc34)C(=O)C2C2c3ccccc3C=CN12. The molecule has 0 spiro atoms. The molecule has 36 heavy (non-hydrogen) atoms. The van der Waals surface area contributed by atoms with Gasteiger partial charge in [0.15, 0.2) is 5.78 Å². The van der Waals surface area contributed by atoms with Crippen molar-refractivity contribution >= 4 is 40.1 Å². The highest BCUT2D eigenvalue weighted by molar-refractivity contribution is 6.27. The van der Waals surface area contributed by atoms with Crippen LogP contribution in [0.5, 0.6) is 0 Å². The van der Waals surface area contributed by atoms with Gasteiger partial charge in [0.2, 0.25) is 11.8 Å². The van der Waals surface area contributed by atoms with E-state index in [2.05, 4.69) is 0 Å². The second-order valence-electron chi connectivity index (χ2n) is 9.57. The first-order chi connectivity index (χ1) is 17.6. The van der Waals surface area contributed by atoms with Crippen molar-refractivity contribution in [2.24, 2.45) is 11.8 Å². The van der Waals surface area contributed by atoms with Gasteiger partial charge in [-0.2, -0.15) is 0 Å². The van der Waals surface area contributed by atoms with Gasteiger partial charge in [-0.15, -0.1) is 0 Å². The Morgan fingerprint density at radius 2 is 1.39 bits per heavy atom. The molecule has 4 aromatic carbocycles. The fourth-order valence-corrected chi connectivity index (χ4v) is 6.27. The number of fused-ring (bicyclic) bond motifs is 6. The largest absolute Gasteiger partial charge is 0.358 e. The molecule has 0 aromatic heterocycles. The van der Waals surface area contributed by atoms with E-state index >= 15 is 0 Å². The first-order valence-electron chi connectivity index (χ1n) is 12.1. The summed E-state index contributed by atoms with van der Waals surface area (Å²) in [5.41, 5.74) is 3.10. The molecule has 0 bridgehead atoms. The summed E-state index contributed by atoms with van der Waals surface area (Å²) in [4.78, 5) is 45.5. The van der Waals surface area contributed by atoms with Crippen LogP contribution >= 0.6 is 0 Å². The van der Waals surface area contributed by atoms with Gasteiger partial charge in [0.25, 0.3) is 0 Å². The molecule has 2 saturated heterocycles.